The van der Waals surface area contributed by atoms with Crippen LogP contribution in [0.25, 0.3) is 6.08 Å². The van der Waals surface area contributed by atoms with Crippen LogP contribution in [0.1, 0.15) is 39.7 Å². The second kappa shape index (κ2) is 6.01. The number of hydrogen-bond acceptors (Lipinski definition) is 0. The van der Waals surface area contributed by atoms with Crippen LogP contribution in [-0.2, 0) is 5.11 Å². The van der Waals surface area contributed by atoms with E-state index < -0.39 is 5.60 Å². The van der Waals surface area contributed by atoms with Crippen LogP contribution in [0.15, 0.2) is 48.1 Å². The molecule has 1 radical (unpaired) electrons. The third-order valence-electron chi connectivity index (χ3n) is 3.24. The summed E-state index contributed by atoms with van der Waals surface area (Å²) in [6.07, 6.45) is 2.58. The third-order valence-corrected chi connectivity index (χ3v) is 3.24. The van der Waals surface area contributed by atoms with Gasteiger partial charge in [0.15, 0.2) is 0 Å². The molecule has 1 unspecified atom stereocenters. The summed E-state index contributed by atoms with van der Waals surface area (Å²) in [5, 5.41) is 11.5. The molecule has 97 valence electrons. The normalized spacial score (nSPS) is 22.1. The predicted octanol–water partition coefficient (Wildman–Crippen LogP) is 4.88. The van der Waals surface area contributed by atoms with Crippen molar-refractivity contribution in [1.82, 2.24) is 0 Å². The fourth-order valence-electron chi connectivity index (χ4n) is 2.73. The average Bonchev–Trinajstić information content (AvgIpc) is 2.28. The summed E-state index contributed by atoms with van der Waals surface area (Å²) in [6, 6.07) is 10.0. The molecule has 1 atom stereocenters. The van der Waals surface area contributed by atoms with Crippen molar-refractivity contribution in [1.29, 1.82) is 0 Å². The molecule has 0 aliphatic heterocycles. The van der Waals surface area contributed by atoms with Crippen molar-refractivity contribution in [3.8, 4) is 0 Å². The van der Waals surface area contributed by atoms with Crippen molar-refractivity contribution in [2.24, 2.45) is 5.92 Å². The van der Waals surface area contributed by atoms with Gasteiger partial charge in [0.25, 0.3) is 0 Å². The highest BCUT2D eigenvalue weighted by molar-refractivity contribution is 5.45. The molecule has 0 aromatic heterocycles. The lowest BCUT2D eigenvalue weighted by molar-refractivity contribution is -0.00715. The van der Waals surface area contributed by atoms with E-state index in [9.17, 15) is 5.11 Å². The molecule has 1 aromatic carbocycles. The Morgan fingerprint density at radius 2 is 1.83 bits per heavy atom. The quantitative estimate of drug-likeness (QED) is 0.660. The maximum absolute atomic E-state index is 11.5. The third kappa shape index (κ3) is 3.58. The Morgan fingerprint density at radius 3 is 2.06 bits per heavy atom. The Morgan fingerprint density at radius 1 is 1.28 bits per heavy atom. The monoisotopic (exact) mass is 243 g/mol. The lowest BCUT2D eigenvalue weighted by Crippen LogP contribution is -2.37. The van der Waals surface area contributed by atoms with Crippen LogP contribution < -0.4 is 0 Å². The van der Waals surface area contributed by atoms with Crippen LogP contribution in [0.5, 0.6) is 0 Å². The van der Waals surface area contributed by atoms with Gasteiger partial charge >= 0.3 is 0 Å². The number of hydrogen-bond donors (Lipinski definition) is 0. The summed E-state index contributed by atoms with van der Waals surface area (Å²) in [4.78, 5) is 0. The molecule has 1 aliphatic rings. The summed E-state index contributed by atoms with van der Waals surface area (Å²) in [5.74, 6) is 0.441. The molecule has 1 heteroatoms. The Balaban J connectivity index is 0.000000184. The van der Waals surface area contributed by atoms with E-state index in [1.165, 1.54) is 11.1 Å². The molecular formula is C17H23O. The molecule has 0 bridgehead atoms. The van der Waals surface area contributed by atoms with Crippen molar-refractivity contribution in [3.63, 3.8) is 0 Å². The molecule has 2 rings (SSSR count). The first-order valence-corrected chi connectivity index (χ1v) is 6.46. The van der Waals surface area contributed by atoms with Gasteiger partial charge in [-0.1, -0.05) is 62.4 Å². The van der Waals surface area contributed by atoms with Crippen molar-refractivity contribution in [3.05, 3.63) is 53.6 Å². The SMILES string of the molecule is C=Cc1ccccc1.CC1=C(C(C)C)C(C)([O])C1. The van der Waals surface area contributed by atoms with Crippen LogP contribution in [0, 0.1) is 5.92 Å². The molecule has 0 heterocycles. The first kappa shape index (κ1) is 14.7. The molecule has 0 saturated carbocycles. The average molecular weight is 243 g/mol. The van der Waals surface area contributed by atoms with Gasteiger partial charge in [0.2, 0.25) is 0 Å². The summed E-state index contributed by atoms with van der Waals surface area (Å²) in [7, 11) is 0. The van der Waals surface area contributed by atoms with E-state index in [0.717, 1.165) is 12.0 Å². The Labute approximate surface area is 111 Å². The standard InChI is InChI=1S/C9H15O.C8H8/c1-6(2)8-7(3)5-9(8,4)10;1-2-8-6-4-3-5-7-8/h6H,5H2,1-4H3;2-7H,1H2. The minimum Gasteiger partial charge on any atom is -0.225 e. The Bertz CT molecular complexity index is 424. The largest absolute Gasteiger partial charge is 0.225 e. The number of benzene rings is 1. The minimum absolute atomic E-state index is 0.441. The maximum atomic E-state index is 11.5. The van der Waals surface area contributed by atoms with E-state index in [-0.39, 0.29) is 0 Å². The van der Waals surface area contributed by atoms with Gasteiger partial charge in [0.05, 0.1) is 0 Å². The molecule has 1 aliphatic carbocycles. The molecule has 0 spiro atoms. The highest BCUT2D eigenvalue weighted by atomic mass is 16.3. The first-order chi connectivity index (χ1) is 8.38. The minimum atomic E-state index is -0.738. The van der Waals surface area contributed by atoms with Gasteiger partial charge in [0.1, 0.15) is 5.60 Å². The van der Waals surface area contributed by atoms with Crippen molar-refractivity contribution < 1.29 is 5.11 Å². The summed E-state index contributed by atoms with van der Waals surface area (Å²) in [6.45, 7) is 11.7. The second-order valence-electron chi connectivity index (χ2n) is 5.37. The van der Waals surface area contributed by atoms with Gasteiger partial charge in [-0.15, -0.1) is 0 Å². The van der Waals surface area contributed by atoms with Gasteiger partial charge in [0, 0.05) is 6.42 Å². The van der Waals surface area contributed by atoms with Gasteiger partial charge in [-0.25, -0.2) is 5.11 Å². The van der Waals surface area contributed by atoms with Crippen molar-refractivity contribution in [2.75, 3.05) is 0 Å². The zero-order valence-electron chi connectivity index (χ0n) is 11.9. The van der Waals surface area contributed by atoms with E-state index in [1.807, 2.05) is 36.4 Å². The zero-order chi connectivity index (χ0) is 13.8. The Hall–Kier alpha value is -1.34. The molecular weight excluding hydrogens is 220 g/mol. The molecule has 0 amide bonds. The molecule has 18 heavy (non-hydrogen) atoms. The predicted molar refractivity (Wildman–Crippen MR) is 77.8 cm³/mol. The lowest BCUT2D eigenvalue weighted by atomic mass is 9.70. The zero-order valence-corrected chi connectivity index (χ0v) is 11.9. The maximum Gasteiger partial charge on any atom is 0.126 e. The fraction of sp³-hybridized carbons (Fsp3) is 0.412. The van der Waals surface area contributed by atoms with E-state index in [4.69, 9.17) is 0 Å². The molecule has 0 saturated heterocycles. The summed E-state index contributed by atoms with van der Waals surface area (Å²) in [5.41, 5.74) is 2.88. The van der Waals surface area contributed by atoms with Crippen LogP contribution in [0.2, 0.25) is 0 Å². The fourth-order valence-corrected chi connectivity index (χ4v) is 2.73. The van der Waals surface area contributed by atoms with Crippen LogP contribution in [-0.4, -0.2) is 5.60 Å². The Kier molecular flexibility index (Phi) is 4.92. The molecule has 1 nitrogen and oxygen atoms in total. The highest BCUT2D eigenvalue weighted by Gasteiger charge is 2.39. The van der Waals surface area contributed by atoms with Gasteiger partial charge in [-0.2, -0.15) is 0 Å². The smallest absolute Gasteiger partial charge is 0.126 e. The van der Waals surface area contributed by atoms with Crippen molar-refractivity contribution >= 4 is 6.08 Å². The van der Waals surface area contributed by atoms with Gasteiger partial charge in [-0.3, -0.25) is 0 Å². The number of rotatable bonds is 2. The summed E-state index contributed by atoms with van der Waals surface area (Å²) < 4.78 is 0. The molecule has 1 aromatic rings. The highest BCUT2D eigenvalue weighted by Crippen LogP contribution is 2.42. The summed E-state index contributed by atoms with van der Waals surface area (Å²) >= 11 is 0. The first-order valence-electron chi connectivity index (χ1n) is 6.46. The van der Waals surface area contributed by atoms with Crippen LogP contribution in [0.3, 0.4) is 0 Å². The van der Waals surface area contributed by atoms with Gasteiger partial charge in [-0.05, 0) is 30.9 Å². The lowest BCUT2D eigenvalue weighted by Gasteiger charge is -2.38. The molecule has 0 N–H and O–H groups in total. The van der Waals surface area contributed by atoms with Gasteiger partial charge < -0.3 is 0 Å². The van der Waals surface area contributed by atoms with E-state index in [2.05, 4.69) is 27.4 Å². The van der Waals surface area contributed by atoms with E-state index in [1.54, 1.807) is 6.92 Å². The van der Waals surface area contributed by atoms with Crippen molar-refractivity contribution in [2.45, 2.75) is 39.7 Å². The topological polar surface area (TPSA) is 19.9 Å². The second-order valence-corrected chi connectivity index (χ2v) is 5.37. The van der Waals surface area contributed by atoms with Crippen LogP contribution in [0.4, 0.5) is 0 Å². The van der Waals surface area contributed by atoms with E-state index in [0.29, 0.717) is 5.92 Å². The molecule has 0 fully saturated rings. The van der Waals surface area contributed by atoms with Crippen LogP contribution >= 0.6 is 0 Å². The van der Waals surface area contributed by atoms with E-state index >= 15 is 0 Å².